The molecule has 9 nitrogen and oxygen atoms in total. The minimum absolute atomic E-state index is 0.428. The third kappa shape index (κ3) is 5.96. The average molecular weight is 414 g/mol. The molecule has 0 aromatic carbocycles. The molecule has 0 saturated heterocycles. The molecule has 3 aromatic rings. The van der Waals surface area contributed by atoms with Gasteiger partial charge >= 0.3 is 0 Å². The predicted molar refractivity (Wildman–Crippen MR) is 115 cm³/mol. The molecular formula is C21H35N9. The van der Waals surface area contributed by atoms with Gasteiger partial charge in [-0.3, -0.25) is 4.68 Å². The third-order valence-corrected chi connectivity index (χ3v) is 5.11. The van der Waals surface area contributed by atoms with Crippen LogP contribution in [0.15, 0.2) is 24.9 Å². The Morgan fingerprint density at radius 1 is 0.867 bits per heavy atom. The second kappa shape index (κ2) is 9.95. The molecule has 3 aromatic heterocycles. The van der Waals surface area contributed by atoms with Crippen LogP contribution in [-0.2, 0) is 0 Å². The molecule has 2 saturated carbocycles. The standard InChI is InChI=1S/2C8H13N3.C5H9N3/c1-6(2)8-10-9-5-11(8)7-3-4-7;1-6(2)11-8(5-9-10-11)7-3-4-7;1-5(2)8-4-3-6-7-8/h2*5-7H,3-4H2,1-2H3;3-5H,1-2H3. The lowest BCUT2D eigenvalue weighted by Crippen LogP contribution is -2.06. The molecule has 3 heterocycles. The lowest BCUT2D eigenvalue weighted by molar-refractivity contribution is 0.494. The number of nitrogens with zero attached hydrogens (tertiary/aromatic N) is 9. The second-order valence-electron chi connectivity index (χ2n) is 8.93. The molecule has 0 N–H and O–H groups in total. The Hall–Kier alpha value is -2.58. The molecule has 2 fully saturated rings. The van der Waals surface area contributed by atoms with Gasteiger partial charge in [-0.25, -0.2) is 4.68 Å². The first kappa shape index (κ1) is 22.1. The van der Waals surface area contributed by atoms with E-state index in [4.69, 9.17) is 0 Å². The zero-order chi connectivity index (χ0) is 21.7. The zero-order valence-electron chi connectivity index (χ0n) is 19.0. The topological polar surface area (TPSA) is 92.1 Å². The SMILES string of the molecule is CC(C)c1nncn1C1CC1.CC(C)n1ccnn1.CC(C)n1nncc1C1CC1. The fraction of sp³-hybridized carbons (Fsp3) is 0.714. The lowest BCUT2D eigenvalue weighted by Gasteiger charge is -2.07. The summed E-state index contributed by atoms with van der Waals surface area (Å²) < 4.78 is 6.04. The van der Waals surface area contributed by atoms with Crippen molar-refractivity contribution >= 4 is 0 Å². The quantitative estimate of drug-likeness (QED) is 0.618. The predicted octanol–water partition coefficient (Wildman–Crippen LogP) is 4.33. The van der Waals surface area contributed by atoms with E-state index >= 15 is 0 Å². The van der Waals surface area contributed by atoms with Crippen molar-refractivity contribution in [3.63, 3.8) is 0 Å². The third-order valence-electron chi connectivity index (χ3n) is 5.11. The maximum absolute atomic E-state index is 4.09. The van der Waals surface area contributed by atoms with Gasteiger partial charge in [0.1, 0.15) is 12.2 Å². The summed E-state index contributed by atoms with van der Waals surface area (Å²) in [4.78, 5) is 0. The normalized spacial score (nSPS) is 15.8. The zero-order valence-corrected chi connectivity index (χ0v) is 19.0. The highest BCUT2D eigenvalue weighted by atomic mass is 15.4. The van der Waals surface area contributed by atoms with Gasteiger partial charge in [-0.15, -0.1) is 20.4 Å². The molecule has 0 atom stereocenters. The highest BCUT2D eigenvalue weighted by molar-refractivity contribution is 5.10. The molecule has 164 valence electrons. The maximum Gasteiger partial charge on any atom is 0.135 e. The number of aromatic nitrogens is 9. The van der Waals surface area contributed by atoms with Gasteiger partial charge < -0.3 is 4.57 Å². The summed E-state index contributed by atoms with van der Waals surface area (Å²) in [7, 11) is 0. The van der Waals surface area contributed by atoms with Gasteiger partial charge in [-0.1, -0.05) is 24.3 Å². The van der Waals surface area contributed by atoms with Crippen molar-refractivity contribution in [2.24, 2.45) is 0 Å². The van der Waals surface area contributed by atoms with Crippen molar-refractivity contribution in [2.45, 2.75) is 97.2 Å². The Balaban J connectivity index is 0.000000130. The van der Waals surface area contributed by atoms with Gasteiger partial charge in [0.05, 0.1) is 18.1 Å². The maximum atomic E-state index is 4.09. The van der Waals surface area contributed by atoms with E-state index < -0.39 is 0 Å². The van der Waals surface area contributed by atoms with Crippen molar-refractivity contribution < 1.29 is 0 Å². The van der Waals surface area contributed by atoms with E-state index in [0.717, 1.165) is 11.7 Å². The van der Waals surface area contributed by atoms with Crippen LogP contribution in [0.5, 0.6) is 0 Å². The summed E-state index contributed by atoms with van der Waals surface area (Å²) in [6.45, 7) is 12.7. The summed E-state index contributed by atoms with van der Waals surface area (Å²) in [5, 5.41) is 23.4. The number of hydrogen-bond acceptors (Lipinski definition) is 6. The minimum Gasteiger partial charge on any atom is -0.314 e. The van der Waals surface area contributed by atoms with Crippen molar-refractivity contribution in [1.29, 1.82) is 0 Å². The van der Waals surface area contributed by atoms with Gasteiger partial charge in [0.25, 0.3) is 0 Å². The average Bonchev–Trinajstić information content (AvgIpc) is 3.54. The van der Waals surface area contributed by atoms with Crippen molar-refractivity contribution in [1.82, 2.24) is 44.8 Å². The molecule has 30 heavy (non-hydrogen) atoms. The van der Waals surface area contributed by atoms with Crippen LogP contribution >= 0.6 is 0 Å². The Morgan fingerprint density at radius 3 is 2.07 bits per heavy atom. The van der Waals surface area contributed by atoms with Gasteiger partial charge in [0.15, 0.2) is 0 Å². The van der Waals surface area contributed by atoms with E-state index in [0.29, 0.717) is 24.0 Å². The largest absolute Gasteiger partial charge is 0.314 e. The minimum atomic E-state index is 0.428. The highest BCUT2D eigenvalue weighted by Crippen LogP contribution is 2.40. The molecule has 0 bridgehead atoms. The Morgan fingerprint density at radius 2 is 1.60 bits per heavy atom. The Kier molecular flexibility index (Phi) is 7.33. The molecule has 2 aliphatic rings. The Labute approximate surface area is 178 Å². The summed E-state index contributed by atoms with van der Waals surface area (Å²) in [5.74, 6) is 2.39. The van der Waals surface area contributed by atoms with E-state index in [1.165, 1.54) is 31.4 Å². The van der Waals surface area contributed by atoms with Crippen LogP contribution in [0.25, 0.3) is 0 Å². The Bertz CT molecular complexity index is 781. The molecule has 0 amide bonds. The molecule has 2 aliphatic carbocycles. The van der Waals surface area contributed by atoms with Crippen LogP contribution in [0, 0.1) is 0 Å². The van der Waals surface area contributed by atoms with Crippen molar-refractivity contribution in [3.05, 3.63) is 36.4 Å². The van der Waals surface area contributed by atoms with Crippen molar-refractivity contribution in [3.8, 4) is 0 Å². The van der Waals surface area contributed by atoms with E-state index in [-0.39, 0.29) is 0 Å². The van der Waals surface area contributed by atoms with Gasteiger partial charge in [-0.2, -0.15) is 0 Å². The van der Waals surface area contributed by atoms with E-state index in [1.807, 2.05) is 23.4 Å². The molecule has 0 unspecified atom stereocenters. The van der Waals surface area contributed by atoms with Crippen LogP contribution in [0.4, 0.5) is 0 Å². The summed E-state index contributed by atoms with van der Waals surface area (Å²) >= 11 is 0. The first-order valence-corrected chi connectivity index (χ1v) is 11.0. The second-order valence-corrected chi connectivity index (χ2v) is 8.93. The van der Waals surface area contributed by atoms with E-state index in [2.05, 4.69) is 76.9 Å². The van der Waals surface area contributed by atoms with E-state index in [9.17, 15) is 0 Å². The summed E-state index contributed by atoms with van der Waals surface area (Å²) in [6.07, 6.45) is 12.5. The van der Waals surface area contributed by atoms with Crippen LogP contribution in [0.1, 0.15) is 109 Å². The fourth-order valence-corrected chi connectivity index (χ4v) is 3.12. The highest BCUT2D eigenvalue weighted by Gasteiger charge is 2.28. The molecular weight excluding hydrogens is 378 g/mol. The first-order valence-electron chi connectivity index (χ1n) is 11.0. The number of rotatable bonds is 5. The smallest absolute Gasteiger partial charge is 0.135 e. The summed E-state index contributed by atoms with van der Waals surface area (Å²) in [5.41, 5.74) is 1.32. The van der Waals surface area contributed by atoms with Crippen LogP contribution in [0.3, 0.4) is 0 Å². The fourth-order valence-electron chi connectivity index (χ4n) is 3.12. The summed E-state index contributed by atoms with van der Waals surface area (Å²) in [6, 6.07) is 1.59. The molecule has 0 radical (unpaired) electrons. The number of hydrogen-bond donors (Lipinski definition) is 0. The van der Waals surface area contributed by atoms with Crippen LogP contribution < -0.4 is 0 Å². The molecule has 5 rings (SSSR count). The van der Waals surface area contributed by atoms with Gasteiger partial charge in [-0.05, 0) is 53.4 Å². The molecule has 0 spiro atoms. The molecule has 0 aliphatic heterocycles. The van der Waals surface area contributed by atoms with Crippen LogP contribution in [-0.4, -0.2) is 44.8 Å². The van der Waals surface area contributed by atoms with Crippen LogP contribution in [0.2, 0.25) is 0 Å². The van der Waals surface area contributed by atoms with Gasteiger partial charge in [0.2, 0.25) is 0 Å². The monoisotopic (exact) mass is 413 g/mol. The first-order chi connectivity index (χ1) is 14.4. The van der Waals surface area contributed by atoms with E-state index in [1.54, 1.807) is 10.9 Å². The van der Waals surface area contributed by atoms with Gasteiger partial charge in [0, 0.05) is 36.2 Å². The van der Waals surface area contributed by atoms with Crippen molar-refractivity contribution in [2.75, 3.05) is 0 Å². The molecule has 9 heteroatoms. The lowest BCUT2D eigenvalue weighted by atomic mass is 10.2.